The van der Waals surface area contributed by atoms with Gasteiger partial charge >= 0.3 is 0 Å². The molecule has 0 aromatic heterocycles. The van der Waals surface area contributed by atoms with Crippen LogP contribution in [0.4, 0.5) is 0 Å². The SMILES string of the molecule is C=C/C=C\C(=C)OCCCCOCCOCC(N)=O. The van der Waals surface area contributed by atoms with Gasteiger partial charge in [0.1, 0.15) is 12.4 Å². The predicted octanol–water partition coefficient (Wildman–Crippen LogP) is 1.56. The van der Waals surface area contributed by atoms with Crippen molar-refractivity contribution in [3.8, 4) is 0 Å². The number of unbranched alkanes of at least 4 members (excludes halogenated alkanes) is 1. The molecule has 0 aliphatic rings. The van der Waals surface area contributed by atoms with Gasteiger partial charge in [0, 0.05) is 6.61 Å². The van der Waals surface area contributed by atoms with Crippen LogP contribution in [0.15, 0.2) is 37.1 Å². The maximum atomic E-state index is 10.4. The van der Waals surface area contributed by atoms with E-state index in [0.717, 1.165) is 12.8 Å². The number of carbonyl (C=O) groups excluding carboxylic acids is 1. The fourth-order valence-electron chi connectivity index (χ4n) is 1.13. The Kier molecular flexibility index (Phi) is 11.8. The summed E-state index contributed by atoms with van der Waals surface area (Å²) in [7, 11) is 0. The van der Waals surface area contributed by atoms with Crippen LogP contribution in [0, 0.1) is 0 Å². The molecule has 5 heteroatoms. The van der Waals surface area contributed by atoms with Gasteiger partial charge < -0.3 is 19.9 Å². The normalized spacial score (nSPS) is 10.5. The zero-order valence-corrected chi connectivity index (χ0v) is 11.3. The van der Waals surface area contributed by atoms with E-state index in [9.17, 15) is 4.79 Å². The highest BCUT2D eigenvalue weighted by atomic mass is 16.5. The van der Waals surface area contributed by atoms with E-state index in [4.69, 9.17) is 19.9 Å². The molecule has 0 saturated carbocycles. The summed E-state index contributed by atoms with van der Waals surface area (Å²) < 4.78 is 15.6. The van der Waals surface area contributed by atoms with Gasteiger partial charge in [0.25, 0.3) is 0 Å². The van der Waals surface area contributed by atoms with Crippen LogP contribution in [0.25, 0.3) is 0 Å². The van der Waals surface area contributed by atoms with E-state index in [1.807, 2.05) is 0 Å². The summed E-state index contributed by atoms with van der Waals surface area (Å²) in [6.45, 7) is 9.32. The van der Waals surface area contributed by atoms with Crippen LogP contribution in [0.2, 0.25) is 0 Å². The molecule has 0 aliphatic heterocycles. The number of amides is 1. The maximum absolute atomic E-state index is 10.4. The van der Waals surface area contributed by atoms with Crippen LogP contribution in [-0.4, -0.2) is 38.9 Å². The Balaban J connectivity index is 3.18. The van der Waals surface area contributed by atoms with Crippen molar-refractivity contribution < 1.29 is 19.0 Å². The van der Waals surface area contributed by atoms with E-state index >= 15 is 0 Å². The largest absolute Gasteiger partial charge is 0.494 e. The number of carbonyl (C=O) groups is 1. The standard InChI is InChI=1S/C14H23NO4/c1-3-4-7-13(2)19-9-6-5-8-17-10-11-18-12-14(15)16/h3-4,7H,1-2,5-6,8-12H2,(H2,15,16)/b7-4-. The van der Waals surface area contributed by atoms with Crippen molar-refractivity contribution >= 4 is 5.91 Å². The van der Waals surface area contributed by atoms with E-state index in [2.05, 4.69) is 13.2 Å². The molecule has 0 radical (unpaired) electrons. The third-order valence-electron chi connectivity index (χ3n) is 2.00. The number of allylic oxidation sites excluding steroid dienone is 3. The summed E-state index contributed by atoms with van der Waals surface area (Å²) in [5.41, 5.74) is 4.91. The molecule has 19 heavy (non-hydrogen) atoms. The Morgan fingerprint density at radius 1 is 1.11 bits per heavy atom. The van der Waals surface area contributed by atoms with Crippen molar-refractivity contribution in [3.05, 3.63) is 37.1 Å². The average molecular weight is 269 g/mol. The van der Waals surface area contributed by atoms with Gasteiger partial charge in [-0.05, 0) is 18.9 Å². The van der Waals surface area contributed by atoms with Gasteiger partial charge in [0.2, 0.25) is 5.91 Å². The minimum absolute atomic E-state index is 0.0580. The van der Waals surface area contributed by atoms with E-state index in [1.54, 1.807) is 18.2 Å². The monoisotopic (exact) mass is 269 g/mol. The van der Waals surface area contributed by atoms with Gasteiger partial charge in [-0.3, -0.25) is 4.79 Å². The highest BCUT2D eigenvalue weighted by molar-refractivity contribution is 5.74. The third-order valence-corrected chi connectivity index (χ3v) is 2.00. The molecule has 0 aromatic rings. The number of primary amides is 1. The minimum Gasteiger partial charge on any atom is -0.494 e. The zero-order chi connectivity index (χ0) is 14.3. The number of hydrogen-bond donors (Lipinski definition) is 1. The molecule has 0 unspecified atom stereocenters. The lowest BCUT2D eigenvalue weighted by Gasteiger charge is -2.06. The lowest BCUT2D eigenvalue weighted by molar-refractivity contribution is -0.123. The molecule has 0 bridgehead atoms. The molecule has 0 spiro atoms. The summed E-state index contributed by atoms with van der Waals surface area (Å²) in [5.74, 6) is 0.156. The van der Waals surface area contributed by atoms with Crippen molar-refractivity contribution in [1.29, 1.82) is 0 Å². The first-order valence-electron chi connectivity index (χ1n) is 6.21. The first kappa shape index (κ1) is 17.4. The molecule has 0 atom stereocenters. The Bertz CT molecular complexity index is 300. The maximum Gasteiger partial charge on any atom is 0.243 e. The minimum atomic E-state index is -0.470. The Hall–Kier alpha value is -1.59. The predicted molar refractivity (Wildman–Crippen MR) is 74.5 cm³/mol. The number of rotatable bonds is 13. The quantitative estimate of drug-likeness (QED) is 0.313. The third kappa shape index (κ3) is 14.3. The van der Waals surface area contributed by atoms with Crippen molar-refractivity contribution in [2.45, 2.75) is 12.8 Å². The first-order chi connectivity index (χ1) is 9.16. The molecule has 108 valence electrons. The first-order valence-corrected chi connectivity index (χ1v) is 6.21. The van der Waals surface area contributed by atoms with Crippen LogP contribution < -0.4 is 5.73 Å². The molecular weight excluding hydrogens is 246 g/mol. The van der Waals surface area contributed by atoms with E-state index in [0.29, 0.717) is 32.2 Å². The molecular formula is C14H23NO4. The van der Waals surface area contributed by atoms with Crippen molar-refractivity contribution in [3.63, 3.8) is 0 Å². The van der Waals surface area contributed by atoms with Crippen LogP contribution in [0.5, 0.6) is 0 Å². The fourth-order valence-corrected chi connectivity index (χ4v) is 1.13. The van der Waals surface area contributed by atoms with Gasteiger partial charge in [0.15, 0.2) is 0 Å². The molecule has 5 nitrogen and oxygen atoms in total. The molecule has 0 aromatic carbocycles. The average Bonchev–Trinajstić information content (AvgIpc) is 2.38. The Morgan fingerprint density at radius 3 is 2.47 bits per heavy atom. The van der Waals surface area contributed by atoms with Crippen molar-refractivity contribution in [2.24, 2.45) is 5.73 Å². The number of nitrogens with two attached hydrogens (primary N) is 1. The molecule has 0 fully saturated rings. The summed E-state index contributed by atoms with van der Waals surface area (Å²) in [6, 6.07) is 0. The second-order valence-corrected chi connectivity index (χ2v) is 3.75. The van der Waals surface area contributed by atoms with E-state index in [1.165, 1.54) is 0 Å². The number of ether oxygens (including phenoxy) is 3. The molecule has 0 heterocycles. The molecule has 1 amide bonds. The molecule has 0 saturated heterocycles. The number of hydrogen-bond acceptors (Lipinski definition) is 4. The van der Waals surface area contributed by atoms with Crippen LogP contribution in [-0.2, 0) is 19.0 Å². The molecule has 0 aliphatic carbocycles. The summed E-state index contributed by atoms with van der Waals surface area (Å²) in [5, 5.41) is 0. The van der Waals surface area contributed by atoms with E-state index < -0.39 is 5.91 Å². The summed E-state index contributed by atoms with van der Waals surface area (Å²) in [4.78, 5) is 10.4. The van der Waals surface area contributed by atoms with Gasteiger partial charge in [-0.25, -0.2) is 0 Å². The van der Waals surface area contributed by atoms with Gasteiger partial charge in [-0.2, -0.15) is 0 Å². The topological polar surface area (TPSA) is 70.8 Å². The Morgan fingerprint density at radius 2 is 1.79 bits per heavy atom. The van der Waals surface area contributed by atoms with Gasteiger partial charge in [-0.1, -0.05) is 25.3 Å². The van der Waals surface area contributed by atoms with E-state index in [-0.39, 0.29) is 6.61 Å². The van der Waals surface area contributed by atoms with Gasteiger partial charge in [0.05, 0.1) is 19.8 Å². The second-order valence-electron chi connectivity index (χ2n) is 3.75. The molecule has 2 N–H and O–H groups in total. The second kappa shape index (κ2) is 12.9. The van der Waals surface area contributed by atoms with Gasteiger partial charge in [-0.15, -0.1) is 0 Å². The highest BCUT2D eigenvalue weighted by Gasteiger charge is 1.95. The fraction of sp³-hybridized carbons (Fsp3) is 0.500. The van der Waals surface area contributed by atoms with Crippen LogP contribution in [0.1, 0.15) is 12.8 Å². The zero-order valence-electron chi connectivity index (χ0n) is 11.3. The lowest BCUT2D eigenvalue weighted by Crippen LogP contribution is -2.19. The summed E-state index contributed by atoms with van der Waals surface area (Å²) >= 11 is 0. The summed E-state index contributed by atoms with van der Waals surface area (Å²) in [6.07, 6.45) is 7.00. The van der Waals surface area contributed by atoms with Crippen molar-refractivity contribution in [1.82, 2.24) is 0 Å². The lowest BCUT2D eigenvalue weighted by atomic mass is 10.3. The van der Waals surface area contributed by atoms with Crippen LogP contribution in [0.3, 0.4) is 0 Å². The highest BCUT2D eigenvalue weighted by Crippen LogP contribution is 1.99. The molecule has 0 rings (SSSR count). The van der Waals surface area contributed by atoms with Crippen molar-refractivity contribution in [2.75, 3.05) is 33.0 Å². The van der Waals surface area contributed by atoms with Crippen LogP contribution >= 0.6 is 0 Å². The smallest absolute Gasteiger partial charge is 0.243 e. The Labute approximate surface area is 114 Å².